The van der Waals surface area contributed by atoms with E-state index in [-0.39, 0.29) is 5.41 Å². The summed E-state index contributed by atoms with van der Waals surface area (Å²) >= 11 is 12.8. The SMILES string of the molecule is CC(=O)Oc1ccc(C2(c3ccc(OC(C)=O)c(Cl)c3)CCCCC2)cc1Cl. The lowest BCUT2D eigenvalue weighted by Crippen LogP contribution is -2.30. The van der Waals surface area contributed by atoms with Crippen LogP contribution in [-0.2, 0) is 15.0 Å². The Morgan fingerprint density at radius 2 is 1.21 bits per heavy atom. The molecule has 0 aromatic heterocycles. The number of halogens is 2. The van der Waals surface area contributed by atoms with Crippen molar-refractivity contribution in [1.82, 2.24) is 0 Å². The van der Waals surface area contributed by atoms with E-state index in [2.05, 4.69) is 0 Å². The summed E-state index contributed by atoms with van der Waals surface area (Å²) < 4.78 is 10.3. The highest BCUT2D eigenvalue weighted by Gasteiger charge is 2.36. The van der Waals surface area contributed by atoms with E-state index in [0.717, 1.165) is 36.8 Å². The van der Waals surface area contributed by atoms with Crippen molar-refractivity contribution in [3.8, 4) is 11.5 Å². The Kier molecular flexibility index (Phi) is 6.31. The minimum absolute atomic E-state index is 0.241. The van der Waals surface area contributed by atoms with Crippen LogP contribution in [0, 0.1) is 0 Å². The Balaban J connectivity index is 2.04. The summed E-state index contributed by atoms with van der Waals surface area (Å²) in [5.41, 5.74) is 1.88. The van der Waals surface area contributed by atoms with Crippen LogP contribution in [0.15, 0.2) is 36.4 Å². The number of benzene rings is 2. The molecule has 0 amide bonds. The standard InChI is InChI=1S/C22H22Cl2O4/c1-14(25)27-20-8-6-16(12-18(20)23)22(10-4-3-5-11-22)17-7-9-21(19(24)13-17)28-15(2)26/h6-9,12-13H,3-5,10-11H2,1-2H3. The first-order valence-electron chi connectivity index (χ1n) is 9.29. The summed E-state index contributed by atoms with van der Waals surface area (Å²) in [6, 6.07) is 11.2. The van der Waals surface area contributed by atoms with Gasteiger partial charge in [0.2, 0.25) is 0 Å². The molecule has 1 aliphatic carbocycles. The molecule has 1 aliphatic rings. The third-order valence-electron chi connectivity index (χ3n) is 5.18. The van der Waals surface area contributed by atoms with E-state index >= 15 is 0 Å². The molecule has 0 spiro atoms. The molecular formula is C22H22Cl2O4. The van der Waals surface area contributed by atoms with Crippen molar-refractivity contribution >= 4 is 35.1 Å². The first-order valence-corrected chi connectivity index (χ1v) is 10.0. The second kappa shape index (κ2) is 8.54. The van der Waals surface area contributed by atoms with E-state index in [0.29, 0.717) is 21.5 Å². The fourth-order valence-corrected chi connectivity index (χ4v) is 4.41. The van der Waals surface area contributed by atoms with Gasteiger partial charge in [-0.25, -0.2) is 0 Å². The number of hydrogen-bond acceptors (Lipinski definition) is 4. The summed E-state index contributed by atoms with van der Waals surface area (Å²) in [6.45, 7) is 2.69. The van der Waals surface area contributed by atoms with Crippen LogP contribution in [0.2, 0.25) is 10.0 Å². The van der Waals surface area contributed by atoms with Crippen LogP contribution in [0.1, 0.15) is 57.1 Å². The van der Waals surface area contributed by atoms with Gasteiger partial charge in [-0.2, -0.15) is 0 Å². The zero-order valence-corrected chi connectivity index (χ0v) is 17.4. The molecule has 0 radical (unpaired) electrons. The number of rotatable bonds is 4. The third-order valence-corrected chi connectivity index (χ3v) is 5.77. The van der Waals surface area contributed by atoms with Crippen LogP contribution in [0.4, 0.5) is 0 Å². The van der Waals surface area contributed by atoms with Crippen LogP contribution in [0.25, 0.3) is 0 Å². The smallest absolute Gasteiger partial charge is 0.308 e. The van der Waals surface area contributed by atoms with Crippen LogP contribution in [0.3, 0.4) is 0 Å². The summed E-state index contributed by atoms with van der Waals surface area (Å²) in [5, 5.41) is 0.806. The van der Waals surface area contributed by atoms with Crippen molar-refractivity contribution in [3.63, 3.8) is 0 Å². The van der Waals surface area contributed by atoms with Crippen LogP contribution in [-0.4, -0.2) is 11.9 Å². The lowest BCUT2D eigenvalue weighted by atomic mass is 9.65. The first-order chi connectivity index (χ1) is 13.3. The van der Waals surface area contributed by atoms with Crippen molar-refractivity contribution in [1.29, 1.82) is 0 Å². The highest BCUT2D eigenvalue weighted by molar-refractivity contribution is 6.32. The van der Waals surface area contributed by atoms with Gasteiger partial charge < -0.3 is 9.47 Å². The number of esters is 2. The third kappa shape index (κ3) is 4.34. The summed E-state index contributed by atoms with van der Waals surface area (Å²) in [4.78, 5) is 22.5. The van der Waals surface area contributed by atoms with Gasteiger partial charge in [-0.3, -0.25) is 9.59 Å². The summed E-state index contributed by atoms with van der Waals surface area (Å²) in [5.74, 6) is -0.107. The molecule has 0 aliphatic heterocycles. The zero-order chi connectivity index (χ0) is 20.3. The van der Waals surface area contributed by atoms with Gasteiger partial charge in [-0.1, -0.05) is 54.6 Å². The lowest BCUT2D eigenvalue weighted by molar-refractivity contribution is -0.132. The van der Waals surface area contributed by atoms with Crippen molar-refractivity contribution < 1.29 is 19.1 Å². The van der Waals surface area contributed by atoms with Gasteiger partial charge in [0, 0.05) is 19.3 Å². The Morgan fingerprint density at radius 1 is 0.786 bits per heavy atom. The average Bonchev–Trinajstić information content (AvgIpc) is 2.65. The molecule has 1 fully saturated rings. The van der Waals surface area contributed by atoms with E-state index in [1.807, 2.05) is 24.3 Å². The molecule has 0 atom stereocenters. The lowest BCUT2D eigenvalue weighted by Gasteiger charge is -2.39. The van der Waals surface area contributed by atoms with Crippen LogP contribution >= 0.6 is 23.2 Å². The van der Waals surface area contributed by atoms with Crippen LogP contribution < -0.4 is 9.47 Å². The van der Waals surface area contributed by atoms with Gasteiger partial charge in [0.15, 0.2) is 0 Å². The Bertz CT molecular complexity index is 834. The summed E-state index contributed by atoms with van der Waals surface area (Å²) in [7, 11) is 0. The fraction of sp³-hybridized carbons (Fsp3) is 0.364. The highest BCUT2D eigenvalue weighted by atomic mass is 35.5. The van der Waals surface area contributed by atoms with E-state index in [4.69, 9.17) is 32.7 Å². The molecule has 28 heavy (non-hydrogen) atoms. The largest absolute Gasteiger partial charge is 0.425 e. The number of ether oxygens (including phenoxy) is 2. The van der Waals surface area contributed by atoms with Crippen molar-refractivity contribution in [2.45, 2.75) is 51.4 Å². The minimum Gasteiger partial charge on any atom is -0.425 e. The van der Waals surface area contributed by atoms with E-state index in [9.17, 15) is 9.59 Å². The van der Waals surface area contributed by atoms with E-state index in [1.165, 1.54) is 20.3 Å². The maximum atomic E-state index is 11.3. The Hall–Kier alpha value is -2.04. The van der Waals surface area contributed by atoms with Gasteiger partial charge in [0.25, 0.3) is 0 Å². The normalized spacial score (nSPS) is 15.7. The van der Waals surface area contributed by atoms with Gasteiger partial charge in [0.1, 0.15) is 11.5 Å². The summed E-state index contributed by atoms with van der Waals surface area (Å²) in [6.07, 6.45) is 5.28. The molecule has 2 aromatic carbocycles. The van der Waals surface area contributed by atoms with Gasteiger partial charge in [0.05, 0.1) is 10.0 Å². The molecule has 4 nitrogen and oxygen atoms in total. The molecule has 0 heterocycles. The average molecular weight is 421 g/mol. The first kappa shape index (κ1) is 20.7. The predicted octanol–water partition coefficient (Wildman–Crippen LogP) is 6.09. The van der Waals surface area contributed by atoms with Crippen LogP contribution in [0.5, 0.6) is 11.5 Å². The molecule has 2 aromatic rings. The maximum absolute atomic E-state index is 11.3. The Labute approximate surface area is 174 Å². The second-order valence-electron chi connectivity index (χ2n) is 7.12. The second-order valence-corrected chi connectivity index (χ2v) is 7.93. The van der Waals surface area contributed by atoms with Crippen molar-refractivity contribution in [2.24, 2.45) is 0 Å². The van der Waals surface area contributed by atoms with E-state index < -0.39 is 11.9 Å². The number of carbonyl (C=O) groups is 2. The van der Waals surface area contributed by atoms with Crippen molar-refractivity contribution in [3.05, 3.63) is 57.6 Å². The number of carbonyl (C=O) groups excluding carboxylic acids is 2. The molecule has 6 heteroatoms. The van der Waals surface area contributed by atoms with Gasteiger partial charge in [-0.15, -0.1) is 0 Å². The molecule has 1 saturated carbocycles. The number of hydrogen-bond donors (Lipinski definition) is 0. The zero-order valence-electron chi connectivity index (χ0n) is 15.9. The van der Waals surface area contributed by atoms with Gasteiger partial charge >= 0.3 is 11.9 Å². The molecule has 0 saturated heterocycles. The molecule has 3 rings (SSSR count). The molecule has 0 bridgehead atoms. The highest BCUT2D eigenvalue weighted by Crippen LogP contribution is 2.47. The quantitative estimate of drug-likeness (QED) is 0.443. The fourth-order valence-electron chi connectivity index (χ4n) is 3.97. The molecular weight excluding hydrogens is 399 g/mol. The topological polar surface area (TPSA) is 52.6 Å². The minimum atomic E-state index is -0.408. The molecule has 148 valence electrons. The molecule has 0 unspecified atom stereocenters. The predicted molar refractivity (Wildman–Crippen MR) is 109 cm³/mol. The monoisotopic (exact) mass is 420 g/mol. The van der Waals surface area contributed by atoms with Crippen molar-refractivity contribution in [2.75, 3.05) is 0 Å². The Morgan fingerprint density at radius 3 is 1.57 bits per heavy atom. The maximum Gasteiger partial charge on any atom is 0.308 e. The van der Waals surface area contributed by atoms with E-state index in [1.54, 1.807) is 12.1 Å². The van der Waals surface area contributed by atoms with Gasteiger partial charge in [-0.05, 0) is 48.2 Å². The molecule has 0 N–H and O–H groups in total.